The Kier molecular flexibility index (Phi) is 5.31. The van der Waals surface area contributed by atoms with E-state index in [4.69, 9.17) is 4.74 Å². The van der Waals surface area contributed by atoms with E-state index in [1.54, 1.807) is 6.08 Å². The third-order valence-corrected chi connectivity index (χ3v) is 4.16. The lowest BCUT2D eigenvalue weighted by atomic mass is 9.85. The first-order valence-corrected chi connectivity index (χ1v) is 7.31. The third-order valence-electron chi connectivity index (χ3n) is 4.16. The van der Waals surface area contributed by atoms with Gasteiger partial charge in [0.2, 0.25) is 0 Å². The third kappa shape index (κ3) is 3.80. The molecule has 0 aromatic rings. The van der Waals surface area contributed by atoms with Gasteiger partial charge in [0.25, 0.3) is 0 Å². The van der Waals surface area contributed by atoms with Gasteiger partial charge in [0.15, 0.2) is 5.78 Å². The summed E-state index contributed by atoms with van der Waals surface area (Å²) in [6.07, 6.45) is 6.35. The van der Waals surface area contributed by atoms with Crippen LogP contribution < -0.4 is 0 Å². The standard InChI is InChI=1S/C16H22O5/c1-3-5-10-8-9-11(17)14(10)15(19)16-12(21-16)6-4-7-13(18)20-2/h3,8-10,12,14-16,19H,1,4-7H2,2H3/t10-,12-,14?,15?,16+/m0/s1. The molecule has 0 radical (unpaired) electrons. The van der Waals surface area contributed by atoms with E-state index in [2.05, 4.69) is 11.3 Å². The second-order valence-electron chi connectivity index (χ2n) is 5.57. The number of methoxy groups -OCH3 is 1. The van der Waals surface area contributed by atoms with Crippen molar-refractivity contribution in [3.05, 3.63) is 24.8 Å². The molecular weight excluding hydrogens is 272 g/mol. The zero-order valence-corrected chi connectivity index (χ0v) is 12.2. The fraction of sp³-hybridized carbons (Fsp3) is 0.625. The molecule has 0 bridgehead atoms. The van der Waals surface area contributed by atoms with E-state index < -0.39 is 12.0 Å². The number of carbonyl (C=O) groups excluding carboxylic acids is 2. The Morgan fingerprint density at radius 1 is 1.62 bits per heavy atom. The fourth-order valence-corrected chi connectivity index (χ4v) is 2.94. The van der Waals surface area contributed by atoms with E-state index in [1.807, 2.05) is 6.08 Å². The highest BCUT2D eigenvalue weighted by molar-refractivity contribution is 5.95. The summed E-state index contributed by atoms with van der Waals surface area (Å²) in [5.74, 6) is -0.712. The number of aliphatic hydroxyl groups is 1. The highest BCUT2D eigenvalue weighted by Crippen LogP contribution is 2.38. The Balaban J connectivity index is 1.79. The Hall–Kier alpha value is -1.46. The Labute approximate surface area is 124 Å². The van der Waals surface area contributed by atoms with Crippen LogP contribution >= 0.6 is 0 Å². The lowest BCUT2D eigenvalue weighted by Crippen LogP contribution is -2.34. The first-order valence-electron chi connectivity index (χ1n) is 7.31. The van der Waals surface area contributed by atoms with Crippen LogP contribution in [-0.2, 0) is 19.1 Å². The van der Waals surface area contributed by atoms with E-state index in [9.17, 15) is 14.7 Å². The molecule has 2 rings (SSSR count). The summed E-state index contributed by atoms with van der Waals surface area (Å²) in [6, 6.07) is 0. The topological polar surface area (TPSA) is 76.1 Å². The molecule has 1 aliphatic carbocycles. The molecule has 116 valence electrons. The summed E-state index contributed by atoms with van der Waals surface area (Å²) in [6.45, 7) is 3.68. The van der Waals surface area contributed by atoms with Gasteiger partial charge in [-0.2, -0.15) is 0 Å². The molecule has 0 saturated carbocycles. The zero-order chi connectivity index (χ0) is 15.4. The number of hydrogen-bond donors (Lipinski definition) is 1. The molecule has 1 N–H and O–H groups in total. The summed E-state index contributed by atoms with van der Waals surface area (Å²) in [7, 11) is 1.36. The average Bonchev–Trinajstić information content (AvgIpc) is 3.15. The smallest absolute Gasteiger partial charge is 0.305 e. The SMILES string of the molecule is C=CC[C@H]1C=CC(=O)C1C(O)[C@@H]1O[C@H]1CCCC(=O)OC. The molecule has 2 aliphatic rings. The number of esters is 1. The van der Waals surface area contributed by atoms with Gasteiger partial charge in [-0.25, -0.2) is 0 Å². The van der Waals surface area contributed by atoms with Gasteiger partial charge >= 0.3 is 5.97 Å². The molecule has 1 heterocycles. The van der Waals surface area contributed by atoms with Crippen molar-refractivity contribution in [2.45, 2.75) is 44.0 Å². The van der Waals surface area contributed by atoms with Crippen molar-refractivity contribution in [3.8, 4) is 0 Å². The van der Waals surface area contributed by atoms with Crippen LogP contribution in [0.2, 0.25) is 0 Å². The number of carbonyl (C=O) groups is 2. The van der Waals surface area contributed by atoms with Crippen molar-refractivity contribution in [2.75, 3.05) is 7.11 Å². The highest BCUT2D eigenvalue weighted by atomic mass is 16.6. The van der Waals surface area contributed by atoms with Crippen molar-refractivity contribution in [1.82, 2.24) is 0 Å². The monoisotopic (exact) mass is 294 g/mol. The Morgan fingerprint density at radius 2 is 2.38 bits per heavy atom. The molecule has 5 atom stereocenters. The molecule has 2 unspecified atom stereocenters. The molecule has 1 saturated heterocycles. The quantitative estimate of drug-likeness (QED) is 0.416. The average molecular weight is 294 g/mol. The number of aliphatic hydroxyl groups excluding tert-OH is 1. The number of ether oxygens (including phenoxy) is 2. The number of ketones is 1. The molecule has 0 spiro atoms. The van der Waals surface area contributed by atoms with Gasteiger partial charge < -0.3 is 14.6 Å². The summed E-state index contributed by atoms with van der Waals surface area (Å²) in [4.78, 5) is 22.9. The number of epoxide rings is 1. The lowest BCUT2D eigenvalue weighted by Gasteiger charge is -2.21. The highest BCUT2D eigenvalue weighted by Gasteiger charge is 2.50. The van der Waals surface area contributed by atoms with Crippen LogP contribution in [-0.4, -0.2) is 42.3 Å². The van der Waals surface area contributed by atoms with Gasteiger partial charge in [-0.15, -0.1) is 6.58 Å². The minimum Gasteiger partial charge on any atom is -0.469 e. The van der Waals surface area contributed by atoms with Crippen LogP contribution in [0.15, 0.2) is 24.8 Å². The lowest BCUT2D eigenvalue weighted by molar-refractivity contribution is -0.140. The first kappa shape index (κ1) is 15.9. The van der Waals surface area contributed by atoms with Crippen molar-refractivity contribution < 1.29 is 24.2 Å². The predicted molar refractivity (Wildman–Crippen MR) is 76.5 cm³/mol. The number of allylic oxidation sites excluding steroid dienone is 3. The number of rotatable bonds is 8. The van der Waals surface area contributed by atoms with Gasteiger partial charge in [-0.05, 0) is 31.3 Å². The van der Waals surface area contributed by atoms with Gasteiger partial charge in [-0.1, -0.05) is 12.2 Å². The van der Waals surface area contributed by atoms with Crippen LogP contribution in [0.4, 0.5) is 0 Å². The Bertz CT molecular complexity index is 442. The normalized spacial score (nSPS) is 32.0. The number of hydrogen-bond acceptors (Lipinski definition) is 5. The maximum absolute atomic E-state index is 11.9. The molecule has 5 nitrogen and oxygen atoms in total. The van der Waals surface area contributed by atoms with Gasteiger partial charge in [0.05, 0.1) is 25.2 Å². The zero-order valence-electron chi connectivity index (χ0n) is 12.2. The molecule has 0 amide bonds. The van der Waals surface area contributed by atoms with Gasteiger partial charge in [0.1, 0.15) is 6.10 Å². The van der Waals surface area contributed by atoms with Gasteiger partial charge in [0, 0.05) is 6.42 Å². The maximum Gasteiger partial charge on any atom is 0.305 e. The minimum absolute atomic E-state index is 0.00455. The fourth-order valence-electron chi connectivity index (χ4n) is 2.94. The van der Waals surface area contributed by atoms with E-state index in [0.717, 1.165) is 0 Å². The van der Waals surface area contributed by atoms with E-state index >= 15 is 0 Å². The van der Waals surface area contributed by atoms with Crippen molar-refractivity contribution in [3.63, 3.8) is 0 Å². The summed E-state index contributed by atoms with van der Waals surface area (Å²) in [5, 5.41) is 10.4. The molecule has 0 aromatic carbocycles. The largest absolute Gasteiger partial charge is 0.469 e. The Morgan fingerprint density at radius 3 is 3.05 bits per heavy atom. The van der Waals surface area contributed by atoms with Gasteiger partial charge in [-0.3, -0.25) is 9.59 Å². The molecule has 1 fully saturated rings. The second kappa shape index (κ2) is 7.00. The first-order chi connectivity index (χ1) is 10.1. The minimum atomic E-state index is -0.791. The molecular formula is C16H22O5. The van der Waals surface area contributed by atoms with Crippen LogP contribution in [0, 0.1) is 11.8 Å². The predicted octanol–water partition coefficient (Wildman–Crippen LogP) is 1.41. The maximum atomic E-state index is 11.9. The van der Waals surface area contributed by atoms with Crippen molar-refractivity contribution in [1.29, 1.82) is 0 Å². The molecule has 21 heavy (non-hydrogen) atoms. The van der Waals surface area contributed by atoms with Crippen LogP contribution in [0.3, 0.4) is 0 Å². The van der Waals surface area contributed by atoms with E-state index in [0.29, 0.717) is 25.7 Å². The molecule has 0 aromatic heterocycles. The van der Waals surface area contributed by atoms with Crippen molar-refractivity contribution in [2.24, 2.45) is 11.8 Å². The summed E-state index contributed by atoms with van der Waals surface area (Å²) < 4.78 is 10.0. The van der Waals surface area contributed by atoms with E-state index in [1.165, 1.54) is 13.2 Å². The van der Waals surface area contributed by atoms with Crippen LogP contribution in [0.1, 0.15) is 25.7 Å². The summed E-state index contributed by atoms with van der Waals surface area (Å²) in [5.41, 5.74) is 0. The second-order valence-corrected chi connectivity index (χ2v) is 5.57. The molecule has 1 aliphatic heterocycles. The van der Waals surface area contributed by atoms with Crippen molar-refractivity contribution >= 4 is 11.8 Å². The van der Waals surface area contributed by atoms with Crippen LogP contribution in [0.25, 0.3) is 0 Å². The molecule has 5 heteroatoms. The summed E-state index contributed by atoms with van der Waals surface area (Å²) >= 11 is 0. The van der Waals surface area contributed by atoms with Crippen LogP contribution in [0.5, 0.6) is 0 Å². The van der Waals surface area contributed by atoms with E-state index in [-0.39, 0.29) is 29.9 Å².